The highest BCUT2D eigenvalue weighted by Gasteiger charge is 2.34. The van der Waals surface area contributed by atoms with Crippen molar-refractivity contribution in [3.63, 3.8) is 0 Å². The van der Waals surface area contributed by atoms with E-state index in [1.165, 1.54) is 0 Å². The maximum atomic E-state index is 12.7. The summed E-state index contributed by atoms with van der Waals surface area (Å²) >= 11 is 0. The lowest BCUT2D eigenvalue weighted by Gasteiger charge is -2.20. The van der Waals surface area contributed by atoms with Gasteiger partial charge in [0, 0.05) is 31.3 Å². The van der Waals surface area contributed by atoms with E-state index in [1.54, 1.807) is 26.2 Å². The number of hydrogen-bond acceptors (Lipinski definition) is 6. The Morgan fingerprint density at radius 3 is 2.37 bits per heavy atom. The molecule has 1 amide bonds. The summed E-state index contributed by atoms with van der Waals surface area (Å²) in [5.41, 5.74) is 9.78. The predicted octanol–water partition coefficient (Wildman–Crippen LogP) is 1.60. The molecule has 9 heteroatoms. The zero-order valence-corrected chi connectivity index (χ0v) is 18.5. The second kappa shape index (κ2) is 9.22. The smallest absolute Gasteiger partial charge is 0.241 e. The van der Waals surface area contributed by atoms with Crippen LogP contribution in [0.1, 0.15) is 41.6 Å². The van der Waals surface area contributed by atoms with E-state index in [-0.39, 0.29) is 41.9 Å². The van der Waals surface area contributed by atoms with Crippen LogP contribution in [0, 0.1) is 26.7 Å². The number of hydrogen-bond donors (Lipinski definition) is 4. The number of aromatic nitrogens is 1. The van der Waals surface area contributed by atoms with Crippen LogP contribution in [0.25, 0.3) is 0 Å². The molecule has 2 heterocycles. The Morgan fingerprint density at radius 1 is 1.10 bits per heavy atom. The van der Waals surface area contributed by atoms with Gasteiger partial charge in [0.05, 0.1) is 17.1 Å². The van der Waals surface area contributed by atoms with Gasteiger partial charge in [-0.3, -0.25) is 9.78 Å². The quantitative estimate of drug-likeness (QED) is 0.530. The van der Waals surface area contributed by atoms with Crippen LogP contribution in [0.2, 0.25) is 0 Å². The minimum Gasteiger partial charge on any atom is -0.339 e. The molecule has 0 aliphatic carbocycles. The molecule has 1 aromatic heterocycles. The van der Waals surface area contributed by atoms with Crippen molar-refractivity contribution in [1.82, 2.24) is 25.9 Å². The van der Waals surface area contributed by atoms with Gasteiger partial charge in [0.1, 0.15) is 0 Å². The van der Waals surface area contributed by atoms with Crippen molar-refractivity contribution < 1.29 is 13.2 Å². The molecule has 1 aromatic carbocycles. The van der Waals surface area contributed by atoms with Gasteiger partial charge in [-0.25, -0.2) is 24.0 Å². The Labute approximate surface area is 177 Å². The fourth-order valence-corrected chi connectivity index (χ4v) is 5.45. The van der Waals surface area contributed by atoms with E-state index < -0.39 is 10.0 Å². The fraction of sp³-hybridized carbons (Fsp3) is 0.429. The van der Waals surface area contributed by atoms with Crippen molar-refractivity contribution in [2.24, 2.45) is 5.92 Å². The van der Waals surface area contributed by atoms with Crippen molar-refractivity contribution in [2.45, 2.75) is 51.2 Å². The molecule has 1 saturated heterocycles. The Morgan fingerprint density at radius 2 is 1.73 bits per heavy atom. The van der Waals surface area contributed by atoms with Crippen LogP contribution < -0.4 is 20.9 Å². The molecule has 4 N–H and O–H groups in total. The van der Waals surface area contributed by atoms with Crippen LogP contribution in [-0.4, -0.2) is 32.0 Å². The highest BCUT2D eigenvalue weighted by Crippen LogP contribution is 2.26. The van der Waals surface area contributed by atoms with Gasteiger partial charge in [-0.1, -0.05) is 24.6 Å². The molecule has 30 heavy (non-hydrogen) atoms. The summed E-state index contributed by atoms with van der Waals surface area (Å²) < 4.78 is 27.9. The van der Waals surface area contributed by atoms with E-state index in [4.69, 9.17) is 0 Å². The van der Waals surface area contributed by atoms with Crippen LogP contribution in [0.3, 0.4) is 0 Å². The van der Waals surface area contributed by atoms with E-state index in [0.29, 0.717) is 11.1 Å². The molecule has 8 nitrogen and oxygen atoms in total. The molecule has 0 radical (unpaired) electrons. The molecule has 0 bridgehead atoms. The van der Waals surface area contributed by atoms with E-state index in [1.807, 2.05) is 38.1 Å². The number of benzene rings is 1. The van der Waals surface area contributed by atoms with Crippen molar-refractivity contribution in [2.75, 3.05) is 6.54 Å². The number of amides is 1. The Hall–Kier alpha value is -2.33. The summed E-state index contributed by atoms with van der Waals surface area (Å²) in [7, 11) is -3.68. The second-order valence-corrected chi connectivity index (χ2v) is 9.53. The zero-order chi connectivity index (χ0) is 21.9. The van der Waals surface area contributed by atoms with E-state index in [9.17, 15) is 13.2 Å². The molecule has 0 spiro atoms. The number of nitrogens with zero attached hydrogens (tertiary/aromatic N) is 1. The third kappa shape index (κ3) is 5.04. The first-order valence-corrected chi connectivity index (χ1v) is 11.4. The summed E-state index contributed by atoms with van der Waals surface area (Å²) in [6.45, 7) is 7.56. The summed E-state index contributed by atoms with van der Waals surface area (Å²) in [5, 5.41) is 2.92. The second-order valence-electron chi connectivity index (χ2n) is 7.83. The molecular formula is C21H29N5O3S. The minimum absolute atomic E-state index is 0.0310. The lowest BCUT2D eigenvalue weighted by Crippen LogP contribution is -2.47. The molecule has 3 rings (SSSR count). The Balaban J connectivity index is 1.53. The van der Waals surface area contributed by atoms with Crippen LogP contribution in [0.15, 0.2) is 41.6 Å². The lowest BCUT2D eigenvalue weighted by molar-refractivity contribution is -0.122. The molecule has 1 aliphatic heterocycles. The maximum Gasteiger partial charge on any atom is 0.241 e. The normalized spacial score (nSPS) is 21.5. The average Bonchev–Trinajstić information content (AvgIpc) is 3.01. The highest BCUT2D eigenvalue weighted by molar-refractivity contribution is 7.89. The van der Waals surface area contributed by atoms with Gasteiger partial charge < -0.3 is 5.32 Å². The lowest BCUT2D eigenvalue weighted by atomic mass is 9.95. The fourth-order valence-electron chi connectivity index (χ4n) is 3.97. The summed E-state index contributed by atoms with van der Waals surface area (Å²) in [6, 6.07) is 7.60. The molecule has 162 valence electrons. The van der Waals surface area contributed by atoms with Gasteiger partial charge in [-0.15, -0.1) is 0 Å². The highest BCUT2D eigenvalue weighted by atomic mass is 32.2. The van der Waals surface area contributed by atoms with Gasteiger partial charge in [0.15, 0.2) is 0 Å². The number of pyridine rings is 1. The topological polar surface area (TPSA) is 112 Å². The Bertz CT molecular complexity index is 988. The van der Waals surface area contributed by atoms with E-state index >= 15 is 0 Å². The largest absolute Gasteiger partial charge is 0.339 e. The van der Waals surface area contributed by atoms with Crippen molar-refractivity contribution in [3.8, 4) is 0 Å². The van der Waals surface area contributed by atoms with Gasteiger partial charge in [-0.05, 0) is 49.6 Å². The van der Waals surface area contributed by atoms with Crippen LogP contribution >= 0.6 is 0 Å². The number of hydrazine groups is 1. The first-order chi connectivity index (χ1) is 14.2. The summed E-state index contributed by atoms with van der Waals surface area (Å²) in [5.74, 6) is -0.123. The standard InChI is InChI=1S/C21H29N5O3S/c1-13-11-14(2)20(15(3)12-13)30(28,29)23-10-7-18(27)24-21-16(4)19(25-26-21)17-5-8-22-9-6-17/h5-6,8-9,11-12,16,19,21,23,25-26H,7,10H2,1-4H3,(H,24,27). The summed E-state index contributed by atoms with van der Waals surface area (Å²) in [4.78, 5) is 16.7. The van der Waals surface area contributed by atoms with Crippen LogP contribution in [0.4, 0.5) is 0 Å². The number of carbonyl (C=O) groups is 1. The molecule has 1 fully saturated rings. The Kier molecular flexibility index (Phi) is 6.87. The van der Waals surface area contributed by atoms with E-state index in [2.05, 4.69) is 25.9 Å². The van der Waals surface area contributed by atoms with Crippen molar-refractivity contribution >= 4 is 15.9 Å². The maximum absolute atomic E-state index is 12.7. The number of nitrogens with one attached hydrogen (secondary N) is 4. The number of aryl methyl sites for hydroxylation is 3. The third-order valence-corrected chi connectivity index (χ3v) is 7.11. The SMILES string of the molecule is Cc1cc(C)c(S(=O)(=O)NCCC(=O)NC2NNC(c3ccncc3)C2C)c(C)c1. The third-order valence-electron chi connectivity index (χ3n) is 5.35. The first kappa shape index (κ1) is 22.4. The molecule has 2 aromatic rings. The number of carbonyl (C=O) groups excluding carboxylic acids is 1. The predicted molar refractivity (Wildman–Crippen MR) is 115 cm³/mol. The monoisotopic (exact) mass is 431 g/mol. The van der Waals surface area contributed by atoms with Crippen LogP contribution in [-0.2, 0) is 14.8 Å². The molecule has 0 saturated carbocycles. The number of sulfonamides is 1. The number of rotatable bonds is 7. The summed E-state index contributed by atoms with van der Waals surface area (Å²) in [6.07, 6.45) is 3.26. The average molecular weight is 432 g/mol. The molecular weight excluding hydrogens is 402 g/mol. The first-order valence-electron chi connectivity index (χ1n) is 9.97. The molecule has 3 atom stereocenters. The van der Waals surface area contributed by atoms with Gasteiger partial charge >= 0.3 is 0 Å². The van der Waals surface area contributed by atoms with Gasteiger partial charge in [0.2, 0.25) is 15.9 Å². The zero-order valence-electron chi connectivity index (χ0n) is 17.7. The van der Waals surface area contributed by atoms with E-state index in [0.717, 1.165) is 11.1 Å². The molecule has 3 unspecified atom stereocenters. The minimum atomic E-state index is -3.68. The van der Waals surface area contributed by atoms with Gasteiger partial charge in [0.25, 0.3) is 0 Å². The molecule has 1 aliphatic rings. The van der Waals surface area contributed by atoms with Crippen LogP contribution in [0.5, 0.6) is 0 Å². The van der Waals surface area contributed by atoms with Crippen molar-refractivity contribution in [3.05, 3.63) is 58.9 Å². The van der Waals surface area contributed by atoms with Crippen molar-refractivity contribution in [1.29, 1.82) is 0 Å². The van der Waals surface area contributed by atoms with Gasteiger partial charge in [-0.2, -0.15) is 0 Å².